The summed E-state index contributed by atoms with van der Waals surface area (Å²) in [4.78, 5) is 28.0. The van der Waals surface area contributed by atoms with Crippen LogP contribution in [-0.4, -0.2) is 35.8 Å². The van der Waals surface area contributed by atoms with Gasteiger partial charge in [0, 0.05) is 27.8 Å². The number of rotatable bonds is 7. The minimum absolute atomic E-state index is 0.107. The third-order valence-electron chi connectivity index (χ3n) is 4.58. The molecule has 1 aromatic carbocycles. The highest BCUT2D eigenvalue weighted by molar-refractivity contribution is 7.99. The minimum Gasteiger partial charge on any atom is -0.450 e. The number of ether oxygens (including phenoxy) is 1. The number of nitrogens with zero attached hydrogens (tertiary/aromatic N) is 2. The van der Waals surface area contributed by atoms with Crippen molar-refractivity contribution in [3.63, 3.8) is 0 Å². The average Bonchev–Trinajstić information content (AvgIpc) is 3.08. The monoisotopic (exact) mass is 463 g/mol. The van der Waals surface area contributed by atoms with Gasteiger partial charge in [-0.1, -0.05) is 11.6 Å². The maximum atomic E-state index is 12.4. The zero-order valence-electron chi connectivity index (χ0n) is 16.6. The lowest BCUT2D eigenvalue weighted by molar-refractivity contribution is -0.116. The van der Waals surface area contributed by atoms with Crippen molar-refractivity contribution in [2.45, 2.75) is 37.6 Å². The number of carbonyl (C=O) groups is 2. The molecular weight excluding hydrogens is 442 g/mol. The summed E-state index contributed by atoms with van der Waals surface area (Å²) in [5.41, 5.74) is 1.44. The van der Waals surface area contributed by atoms with Gasteiger partial charge >= 0.3 is 6.09 Å². The smallest absolute Gasteiger partial charge is 0.410 e. The summed E-state index contributed by atoms with van der Waals surface area (Å²) in [5.74, 6) is 0.708. The molecule has 0 radical (unpaired) electrons. The number of nitrogens with one attached hydrogen (secondary N) is 1. The van der Waals surface area contributed by atoms with Gasteiger partial charge in [-0.25, -0.2) is 4.79 Å². The SMILES string of the molecule is CCOC(=O)N1CCc2c(sc(NC(=O)CCCSc3ccc(Cl)cc3)c2C#N)C1. The van der Waals surface area contributed by atoms with Crippen LogP contribution in [0.3, 0.4) is 0 Å². The fourth-order valence-corrected chi connectivity index (χ4v) is 5.33. The second-order valence-electron chi connectivity index (χ2n) is 6.64. The van der Waals surface area contributed by atoms with E-state index in [9.17, 15) is 14.9 Å². The van der Waals surface area contributed by atoms with E-state index in [1.807, 2.05) is 24.3 Å². The van der Waals surface area contributed by atoms with Crippen molar-refractivity contribution in [1.82, 2.24) is 4.90 Å². The van der Waals surface area contributed by atoms with Crippen molar-refractivity contribution in [3.05, 3.63) is 45.3 Å². The normalized spacial score (nSPS) is 12.8. The summed E-state index contributed by atoms with van der Waals surface area (Å²) in [6, 6.07) is 9.84. The minimum atomic E-state index is -0.348. The van der Waals surface area contributed by atoms with Crippen LogP contribution in [0.25, 0.3) is 0 Å². The maximum absolute atomic E-state index is 12.4. The van der Waals surface area contributed by atoms with Crippen molar-refractivity contribution in [2.75, 3.05) is 24.2 Å². The van der Waals surface area contributed by atoms with E-state index in [-0.39, 0.29) is 12.0 Å². The Labute approximate surface area is 189 Å². The van der Waals surface area contributed by atoms with Gasteiger partial charge in [-0.3, -0.25) is 4.79 Å². The van der Waals surface area contributed by atoms with Crippen LogP contribution in [0.15, 0.2) is 29.2 Å². The molecule has 1 aliphatic heterocycles. The van der Waals surface area contributed by atoms with Crippen molar-refractivity contribution in [3.8, 4) is 6.07 Å². The van der Waals surface area contributed by atoms with E-state index in [4.69, 9.17) is 16.3 Å². The highest BCUT2D eigenvalue weighted by Gasteiger charge is 2.28. The second kappa shape index (κ2) is 10.7. The first-order chi connectivity index (χ1) is 14.5. The van der Waals surface area contributed by atoms with E-state index in [1.165, 1.54) is 11.3 Å². The molecule has 1 aromatic heterocycles. The molecule has 0 aliphatic carbocycles. The molecule has 0 fully saturated rings. The largest absolute Gasteiger partial charge is 0.450 e. The van der Waals surface area contributed by atoms with Gasteiger partial charge in [0.25, 0.3) is 0 Å². The first kappa shape index (κ1) is 22.5. The molecule has 6 nitrogen and oxygen atoms in total. The number of fused-ring (bicyclic) bond motifs is 1. The standard InChI is InChI=1S/C21H22ClN3O3S2/c1-2-28-21(27)25-10-9-16-17(12-23)20(30-18(16)13-25)24-19(26)4-3-11-29-15-7-5-14(22)6-8-15/h5-8H,2-4,9-11,13H2,1H3,(H,24,26). The van der Waals surface area contributed by atoms with Gasteiger partial charge in [-0.2, -0.15) is 5.26 Å². The fourth-order valence-electron chi connectivity index (χ4n) is 3.12. The molecule has 0 saturated carbocycles. The first-order valence-corrected chi connectivity index (χ1v) is 11.8. The Morgan fingerprint density at radius 1 is 1.37 bits per heavy atom. The third-order valence-corrected chi connectivity index (χ3v) is 7.06. The summed E-state index contributed by atoms with van der Waals surface area (Å²) >= 11 is 8.93. The van der Waals surface area contributed by atoms with Crippen molar-refractivity contribution < 1.29 is 14.3 Å². The molecule has 2 aromatic rings. The summed E-state index contributed by atoms with van der Waals surface area (Å²) in [6.45, 7) is 3.01. The number of anilines is 1. The van der Waals surface area contributed by atoms with Gasteiger partial charge < -0.3 is 15.0 Å². The van der Waals surface area contributed by atoms with Crippen LogP contribution < -0.4 is 5.32 Å². The number of benzene rings is 1. The third kappa shape index (κ3) is 5.69. The number of thioether (sulfide) groups is 1. The quantitative estimate of drug-likeness (QED) is 0.445. The number of carbonyl (C=O) groups excluding carboxylic acids is 2. The van der Waals surface area contributed by atoms with Crippen molar-refractivity contribution >= 4 is 51.7 Å². The number of amides is 2. The molecule has 3 rings (SSSR count). The number of halogens is 1. The Hall–Kier alpha value is -2.21. The Kier molecular flexibility index (Phi) is 8.02. The Morgan fingerprint density at radius 3 is 2.83 bits per heavy atom. The predicted octanol–water partition coefficient (Wildman–Crippen LogP) is 5.30. The number of nitriles is 1. The molecule has 158 valence electrons. The maximum Gasteiger partial charge on any atom is 0.410 e. The van der Waals surface area contributed by atoms with Crippen LogP contribution in [0, 0.1) is 11.3 Å². The molecule has 0 saturated heterocycles. The van der Waals surface area contributed by atoms with E-state index in [2.05, 4.69) is 11.4 Å². The molecule has 1 aliphatic rings. The summed E-state index contributed by atoms with van der Waals surface area (Å²) in [5, 5.41) is 13.7. The fraction of sp³-hybridized carbons (Fsp3) is 0.381. The lowest BCUT2D eigenvalue weighted by Gasteiger charge is -2.25. The lowest BCUT2D eigenvalue weighted by atomic mass is 10.0. The van der Waals surface area contributed by atoms with Crippen LogP contribution in [0.1, 0.15) is 35.8 Å². The molecule has 0 bridgehead atoms. The Morgan fingerprint density at radius 2 is 2.13 bits per heavy atom. The van der Waals surface area contributed by atoms with Crippen molar-refractivity contribution in [1.29, 1.82) is 5.26 Å². The van der Waals surface area contributed by atoms with Crippen LogP contribution in [0.5, 0.6) is 0 Å². The van der Waals surface area contributed by atoms with E-state index >= 15 is 0 Å². The van der Waals surface area contributed by atoms with E-state index < -0.39 is 0 Å². The molecule has 2 amide bonds. The summed E-state index contributed by atoms with van der Waals surface area (Å²) in [7, 11) is 0. The summed E-state index contributed by atoms with van der Waals surface area (Å²) in [6.07, 6.45) is 1.34. The number of hydrogen-bond acceptors (Lipinski definition) is 6. The molecule has 30 heavy (non-hydrogen) atoms. The van der Waals surface area contributed by atoms with Gasteiger partial charge in [0.2, 0.25) is 5.91 Å². The van der Waals surface area contributed by atoms with E-state index in [0.717, 1.165) is 27.5 Å². The van der Waals surface area contributed by atoms with Gasteiger partial charge in [-0.05, 0) is 55.3 Å². The number of thiophene rings is 1. The molecule has 1 N–H and O–H groups in total. The topological polar surface area (TPSA) is 82.4 Å². The first-order valence-electron chi connectivity index (χ1n) is 9.66. The Bertz CT molecular complexity index is 954. The molecule has 9 heteroatoms. The Balaban J connectivity index is 1.53. The van der Waals surface area contributed by atoms with Crippen LogP contribution >= 0.6 is 34.7 Å². The average molecular weight is 464 g/mol. The van der Waals surface area contributed by atoms with Crippen LogP contribution in [-0.2, 0) is 22.5 Å². The molecular formula is C21H22ClN3O3S2. The van der Waals surface area contributed by atoms with Crippen LogP contribution in [0.2, 0.25) is 5.02 Å². The summed E-state index contributed by atoms with van der Waals surface area (Å²) < 4.78 is 5.07. The van der Waals surface area contributed by atoms with Gasteiger partial charge in [0.1, 0.15) is 11.1 Å². The highest BCUT2D eigenvalue weighted by Crippen LogP contribution is 2.37. The number of hydrogen-bond donors (Lipinski definition) is 1. The molecule has 0 unspecified atom stereocenters. The van der Waals surface area contributed by atoms with Gasteiger partial charge in [0.05, 0.1) is 18.7 Å². The highest BCUT2D eigenvalue weighted by atomic mass is 35.5. The zero-order chi connectivity index (χ0) is 21.5. The predicted molar refractivity (Wildman–Crippen MR) is 120 cm³/mol. The molecule has 0 atom stereocenters. The van der Waals surface area contributed by atoms with Crippen molar-refractivity contribution in [2.24, 2.45) is 0 Å². The zero-order valence-corrected chi connectivity index (χ0v) is 19.0. The van der Waals surface area contributed by atoms with E-state index in [1.54, 1.807) is 23.6 Å². The lowest BCUT2D eigenvalue weighted by Crippen LogP contribution is -2.35. The van der Waals surface area contributed by atoms with Crippen LogP contribution in [0.4, 0.5) is 9.80 Å². The second-order valence-corrected chi connectivity index (χ2v) is 9.35. The van der Waals surface area contributed by atoms with Gasteiger partial charge in [-0.15, -0.1) is 23.1 Å². The van der Waals surface area contributed by atoms with E-state index in [0.29, 0.717) is 48.1 Å². The van der Waals surface area contributed by atoms with Gasteiger partial charge in [0.15, 0.2) is 0 Å². The molecule has 0 spiro atoms. The molecule has 2 heterocycles.